The summed E-state index contributed by atoms with van der Waals surface area (Å²) in [5, 5.41) is 0.420. The monoisotopic (exact) mass is 353 g/mol. The van der Waals surface area contributed by atoms with Gasteiger partial charge in [0.15, 0.2) is 5.60 Å². The van der Waals surface area contributed by atoms with Gasteiger partial charge in [-0.2, -0.15) is 0 Å². The number of Topliss-reactive ketones (excluding diaryl/α,β-unsaturated/α-hetero) is 2. The van der Waals surface area contributed by atoms with Crippen LogP contribution in [0.1, 0.15) is 35.2 Å². The molecule has 2 aliphatic carbocycles. The summed E-state index contributed by atoms with van der Waals surface area (Å²) >= 11 is 6.17. The van der Waals surface area contributed by atoms with Gasteiger partial charge in [0, 0.05) is 34.5 Å². The van der Waals surface area contributed by atoms with E-state index in [1.807, 2.05) is 12.2 Å². The molecule has 4 aliphatic rings. The highest BCUT2D eigenvalue weighted by atomic mass is 35.5. The van der Waals surface area contributed by atoms with E-state index in [1.165, 1.54) is 0 Å². The molecular formula is C20H16ClNO3. The van der Waals surface area contributed by atoms with Crippen molar-refractivity contribution in [3.63, 3.8) is 0 Å². The maximum atomic E-state index is 12.9. The molecule has 25 heavy (non-hydrogen) atoms. The smallest absolute Gasteiger partial charge is 0.229 e. The summed E-state index contributed by atoms with van der Waals surface area (Å²) in [6.07, 6.45) is 9.05. The first-order valence-corrected chi connectivity index (χ1v) is 8.86. The Hall–Kier alpha value is -2.33. The zero-order valence-electron chi connectivity index (χ0n) is 13.7. The molecule has 0 radical (unpaired) electrons. The molecule has 2 atom stereocenters. The molecule has 1 aromatic carbocycles. The van der Waals surface area contributed by atoms with Crippen molar-refractivity contribution in [2.45, 2.75) is 24.9 Å². The van der Waals surface area contributed by atoms with Crippen LogP contribution in [0.5, 0.6) is 5.75 Å². The number of ether oxygens (including phenoxy) is 1. The molecule has 0 bridgehead atoms. The lowest BCUT2D eigenvalue weighted by Gasteiger charge is -2.44. The minimum atomic E-state index is -0.851. The Balaban J connectivity index is 1.77. The first kappa shape index (κ1) is 15.0. The largest absolute Gasteiger partial charge is 0.479 e. The quantitative estimate of drug-likeness (QED) is 0.726. The highest BCUT2D eigenvalue weighted by molar-refractivity contribution is 6.50. The van der Waals surface area contributed by atoms with Crippen molar-refractivity contribution in [3.05, 3.63) is 63.9 Å². The Morgan fingerprint density at radius 3 is 3.00 bits per heavy atom. The molecule has 5 rings (SSSR count). The van der Waals surface area contributed by atoms with Crippen molar-refractivity contribution < 1.29 is 14.3 Å². The summed E-state index contributed by atoms with van der Waals surface area (Å²) in [5.74, 6) is -0.849. The zero-order valence-corrected chi connectivity index (χ0v) is 14.5. The fourth-order valence-corrected chi connectivity index (χ4v) is 4.77. The summed E-state index contributed by atoms with van der Waals surface area (Å²) in [5.41, 5.74) is 2.41. The number of nitrogens with zero attached hydrogens (tertiary/aromatic N) is 1. The summed E-state index contributed by atoms with van der Waals surface area (Å²) in [7, 11) is 0. The molecule has 0 N–H and O–H groups in total. The molecule has 0 saturated heterocycles. The van der Waals surface area contributed by atoms with Gasteiger partial charge in [0.05, 0.1) is 6.54 Å². The van der Waals surface area contributed by atoms with Gasteiger partial charge in [-0.15, -0.1) is 0 Å². The standard InChI is InChI=1S/C20H16ClNO3/c1-2-22-9-11-5-3-4-6-14(11)20(10-22)17-16-13(18(23)19(17)24)7-12(21)8-15(16)25-20/h3-4,6-9,17H,2,5,10H2,1H3. The molecule has 5 heteroatoms. The van der Waals surface area contributed by atoms with Gasteiger partial charge in [-0.1, -0.05) is 29.8 Å². The van der Waals surface area contributed by atoms with Crippen LogP contribution in [0.25, 0.3) is 0 Å². The van der Waals surface area contributed by atoms with Crippen molar-refractivity contribution in [2.24, 2.45) is 0 Å². The van der Waals surface area contributed by atoms with Crippen LogP contribution in [0.3, 0.4) is 0 Å². The maximum absolute atomic E-state index is 12.9. The van der Waals surface area contributed by atoms with E-state index in [2.05, 4.69) is 24.1 Å². The highest BCUT2D eigenvalue weighted by Crippen LogP contribution is 2.57. The number of rotatable bonds is 1. The lowest BCUT2D eigenvalue weighted by Crippen LogP contribution is -2.54. The number of likely N-dealkylation sites (N-methyl/N-ethyl adjacent to an activating group) is 1. The number of carbonyl (C=O) groups excluding carboxylic acids is 2. The summed E-state index contributed by atoms with van der Waals surface area (Å²) in [4.78, 5) is 27.6. The van der Waals surface area contributed by atoms with Crippen LogP contribution < -0.4 is 4.74 Å². The van der Waals surface area contributed by atoms with Crippen molar-refractivity contribution in [1.29, 1.82) is 0 Å². The van der Waals surface area contributed by atoms with E-state index in [0.29, 0.717) is 28.4 Å². The summed E-state index contributed by atoms with van der Waals surface area (Å²) in [6, 6.07) is 3.32. The van der Waals surface area contributed by atoms with E-state index in [0.717, 1.165) is 24.1 Å². The Bertz CT molecular complexity index is 943. The molecule has 0 aromatic heterocycles. The van der Waals surface area contributed by atoms with Gasteiger partial charge in [-0.25, -0.2) is 0 Å². The third kappa shape index (κ3) is 1.78. The van der Waals surface area contributed by atoms with Gasteiger partial charge in [-0.3, -0.25) is 9.59 Å². The van der Waals surface area contributed by atoms with E-state index in [-0.39, 0.29) is 5.78 Å². The molecule has 0 amide bonds. The second-order valence-corrected chi connectivity index (χ2v) is 7.35. The maximum Gasteiger partial charge on any atom is 0.229 e. The molecule has 0 fully saturated rings. The number of allylic oxidation sites excluding steroid dienone is 3. The minimum absolute atomic E-state index is 0.385. The number of carbonyl (C=O) groups is 2. The van der Waals surface area contributed by atoms with Crippen molar-refractivity contribution >= 4 is 23.2 Å². The van der Waals surface area contributed by atoms with Crippen molar-refractivity contribution in [2.75, 3.05) is 13.1 Å². The second-order valence-electron chi connectivity index (χ2n) is 6.91. The van der Waals surface area contributed by atoms with E-state index < -0.39 is 17.3 Å². The molecule has 126 valence electrons. The Kier molecular flexibility index (Phi) is 2.91. The second kappa shape index (κ2) is 4.85. The lowest BCUT2D eigenvalue weighted by atomic mass is 9.72. The number of fused-ring (bicyclic) bond motifs is 3. The lowest BCUT2D eigenvalue weighted by molar-refractivity contribution is -0.119. The van der Waals surface area contributed by atoms with Gasteiger partial charge < -0.3 is 9.64 Å². The number of hydrogen-bond acceptors (Lipinski definition) is 4. The predicted octanol–water partition coefficient (Wildman–Crippen LogP) is 3.43. The molecule has 1 aromatic rings. The van der Waals surface area contributed by atoms with Crippen molar-refractivity contribution in [3.8, 4) is 5.75 Å². The van der Waals surface area contributed by atoms with E-state index >= 15 is 0 Å². The topological polar surface area (TPSA) is 46.6 Å². The van der Waals surface area contributed by atoms with Gasteiger partial charge in [-0.05, 0) is 31.1 Å². The van der Waals surface area contributed by atoms with Crippen LogP contribution in [0.2, 0.25) is 5.02 Å². The normalized spacial score (nSPS) is 28.7. The summed E-state index contributed by atoms with van der Waals surface area (Å²) < 4.78 is 6.44. The third-order valence-electron chi connectivity index (χ3n) is 5.61. The molecular weight excluding hydrogens is 338 g/mol. The van der Waals surface area contributed by atoms with Crippen LogP contribution in [0.4, 0.5) is 0 Å². The SMILES string of the molecule is CCN1C=C2CC=CC=C2C2(C1)Oc1cc(Cl)cc3c1C2C(=O)C3=O. The third-order valence-corrected chi connectivity index (χ3v) is 5.82. The Morgan fingerprint density at radius 1 is 1.36 bits per heavy atom. The van der Waals surface area contributed by atoms with E-state index in [4.69, 9.17) is 16.3 Å². The molecule has 2 unspecified atom stereocenters. The molecule has 0 saturated carbocycles. The van der Waals surface area contributed by atoms with Crippen LogP contribution >= 0.6 is 11.6 Å². The molecule has 4 nitrogen and oxygen atoms in total. The Labute approximate surface area is 150 Å². The first-order valence-electron chi connectivity index (χ1n) is 8.48. The zero-order chi connectivity index (χ0) is 17.3. The van der Waals surface area contributed by atoms with Crippen LogP contribution in [-0.2, 0) is 4.79 Å². The average molecular weight is 354 g/mol. The van der Waals surface area contributed by atoms with Gasteiger partial charge in [0.1, 0.15) is 11.7 Å². The van der Waals surface area contributed by atoms with Crippen molar-refractivity contribution in [1.82, 2.24) is 4.90 Å². The predicted molar refractivity (Wildman–Crippen MR) is 94.1 cm³/mol. The number of hydrogen-bond donors (Lipinski definition) is 0. The highest BCUT2D eigenvalue weighted by Gasteiger charge is 2.62. The average Bonchev–Trinajstić information content (AvgIpc) is 3.06. The molecule has 2 aliphatic heterocycles. The fraction of sp³-hybridized carbons (Fsp3) is 0.300. The molecule has 2 heterocycles. The van der Waals surface area contributed by atoms with Gasteiger partial charge in [0.25, 0.3) is 0 Å². The van der Waals surface area contributed by atoms with E-state index in [1.54, 1.807) is 12.1 Å². The van der Waals surface area contributed by atoms with Gasteiger partial charge in [0.2, 0.25) is 11.6 Å². The molecule has 1 spiro atoms. The number of benzene rings is 1. The Morgan fingerprint density at radius 2 is 2.20 bits per heavy atom. The first-order chi connectivity index (χ1) is 12.0. The number of ketones is 2. The van der Waals surface area contributed by atoms with Crippen LogP contribution in [0, 0.1) is 0 Å². The fourth-order valence-electron chi connectivity index (χ4n) is 4.56. The summed E-state index contributed by atoms with van der Waals surface area (Å²) in [6.45, 7) is 3.43. The van der Waals surface area contributed by atoms with Crippen LogP contribution in [-0.4, -0.2) is 35.2 Å². The van der Waals surface area contributed by atoms with Gasteiger partial charge >= 0.3 is 0 Å². The van der Waals surface area contributed by atoms with E-state index in [9.17, 15) is 9.59 Å². The minimum Gasteiger partial charge on any atom is -0.479 e. The number of halogens is 1. The van der Waals surface area contributed by atoms with Crippen LogP contribution in [0.15, 0.2) is 47.7 Å².